The predicted molar refractivity (Wildman–Crippen MR) is 66.1 cm³/mol. The van der Waals surface area contributed by atoms with E-state index >= 15 is 0 Å². The molecule has 5 nitrogen and oxygen atoms in total. The predicted octanol–water partition coefficient (Wildman–Crippen LogP) is 1.37. The van der Waals surface area contributed by atoms with E-state index in [4.69, 9.17) is 5.26 Å². The number of hydrogen-bond donors (Lipinski definition) is 0. The molecular weight excluding hydrogens is 250 g/mol. The summed E-state index contributed by atoms with van der Waals surface area (Å²) in [6.07, 6.45) is 3.29. The van der Waals surface area contributed by atoms with E-state index in [0.29, 0.717) is 19.0 Å². The molecular formula is C12H15N3O2S. The van der Waals surface area contributed by atoms with Crippen LogP contribution in [0.25, 0.3) is 0 Å². The smallest absolute Gasteiger partial charge is 0.244 e. The summed E-state index contributed by atoms with van der Waals surface area (Å²) in [5.41, 5.74) is -0.0301. The third-order valence-electron chi connectivity index (χ3n) is 3.32. The van der Waals surface area contributed by atoms with E-state index in [2.05, 4.69) is 11.9 Å². The molecule has 1 aromatic rings. The van der Waals surface area contributed by atoms with Crippen molar-refractivity contribution in [3.63, 3.8) is 0 Å². The quantitative estimate of drug-likeness (QED) is 0.827. The molecule has 0 N–H and O–H groups in total. The lowest BCUT2D eigenvalue weighted by Gasteiger charge is -2.16. The minimum absolute atomic E-state index is 0.0178. The number of nitrogens with zero attached hydrogens (tertiary/aromatic N) is 3. The monoisotopic (exact) mass is 265 g/mol. The summed E-state index contributed by atoms with van der Waals surface area (Å²) in [4.78, 5) is 3.82. The maximum absolute atomic E-state index is 12.4. The summed E-state index contributed by atoms with van der Waals surface area (Å²) < 4.78 is 26.3. The second-order valence-electron chi connectivity index (χ2n) is 4.39. The van der Waals surface area contributed by atoms with Gasteiger partial charge in [-0.15, -0.1) is 0 Å². The molecule has 0 radical (unpaired) electrons. The number of sulfonamides is 1. The Morgan fingerprint density at radius 3 is 3.00 bits per heavy atom. The number of pyridine rings is 1. The van der Waals surface area contributed by atoms with Crippen LogP contribution in [0.1, 0.15) is 25.5 Å². The van der Waals surface area contributed by atoms with Crippen LogP contribution >= 0.6 is 0 Å². The molecule has 18 heavy (non-hydrogen) atoms. The number of nitriles is 1. The Hall–Kier alpha value is -1.45. The summed E-state index contributed by atoms with van der Waals surface area (Å²) in [7, 11) is -3.58. The van der Waals surface area contributed by atoms with E-state index in [1.54, 1.807) is 6.07 Å². The fourth-order valence-electron chi connectivity index (χ4n) is 2.17. The Morgan fingerprint density at radius 2 is 2.39 bits per heavy atom. The lowest BCUT2D eigenvalue weighted by atomic mass is 10.1. The van der Waals surface area contributed by atoms with Crippen LogP contribution in [0, 0.1) is 17.2 Å². The van der Waals surface area contributed by atoms with Gasteiger partial charge in [-0.05, 0) is 24.5 Å². The van der Waals surface area contributed by atoms with Gasteiger partial charge in [-0.1, -0.05) is 13.3 Å². The van der Waals surface area contributed by atoms with Crippen molar-refractivity contribution >= 4 is 10.0 Å². The molecule has 96 valence electrons. The number of rotatable bonds is 3. The maximum Gasteiger partial charge on any atom is 0.245 e. The Kier molecular flexibility index (Phi) is 3.64. The van der Waals surface area contributed by atoms with E-state index < -0.39 is 10.0 Å². The fourth-order valence-corrected chi connectivity index (χ4v) is 3.79. The van der Waals surface area contributed by atoms with Crippen LogP contribution < -0.4 is 0 Å². The second-order valence-corrected chi connectivity index (χ2v) is 6.29. The van der Waals surface area contributed by atoms with Crippen molar-refractivity contribution in [1.29, 1.82) is 5.26 Å². The summed E-state index contributed by atoms with van der Waals surface area (Å²) >= 11 is 0. The number of hydrogen-bond acceptors (Lipinski definition) is 4. The summed E-state index contributed by atoms with van der Waals surface area (Å²) in [5.74, 6) is 0.419. The van der Waals surface area contributed by atoms with Gasteiger partial charge >= 0.3 is 0 Å². The second kappa shape index (κ2) is 5.04. The number of aromatic nitrogens is 1. The summed E-state index contributed by atoms with van der Waals surface area (Å²) in [6, 6.07) is 4.82. The van der Waals surface area contributed by atoms with Crippen molar-refractivity contribution in [1.82, 2.24) is 9.29 Å². The van der Waals surface area contributed by atoms with Crippen molar-refractivity contribution in [3.05, 3.63) is 24.0 Å². The van der Waals surface area contributed by atoms with Crippen molar-refractivity contribution in [2.75, 3.05) is 13.1 Å². The summed E-state index contributed by atoms with van der Waals surface area (Å²) in [5, 5.41) is 8.93. The zero-order valence-corrected chi connectivity index (χ0v) is 11.0. The molecule has 1 aliphatic heterocycles. The first kappa shape index (κ1) is 13.0. The highest BCUT2D eigenvalue weighted by Gasteiger charge is 2.33. The van der Waals surface area contributed by atoms with Crippen LogP contribution in [0.2, 0.25) is 0 Å². The zero-order chi connectivity index (χ0) is 13.2. The third kappa shape index (κ3) is 2.24. The van der Waals surface area contributed by atoms with Crippen LogP contribution in [0.3, 0.4) is 0 Å². The first-order valence-electron chi connectivity index (χ1n) is 5.95. The van der Waals surface area contributed by atoms with Crippen LogP contribution in [-0.4, -0.2) is 30.8 Å². The van der Waals surface area contributed by atoms with E-state index in [9.17, 15) is 8.42 Å². The topological polar surface area (TPSA) is 74.1 Å². The van der Waals surface area contributed by atoms with Gasteiger partial charge in [0, 0.05) is 19.3 Å². The van der Waals surface area contributed by atoms with Gasteiger partial charge in [0.15, 0.2) is 5.69 Å². The Labute approximate surface area is 107 Å². The Morgan fingerprint density at radius 1 is 1.61 bits per heavy atom. The molecule has 1 aliphatic rings. The third-order valence-corrected chi connectivity index (χ3v) is 5.22. The molecule has 1 atom stereocenters. The molecule has 1 aromatic heterocycles. The molecule has 0 saturated carbocycles. The molecule has 1 fully saturated rings. The normalized spacial score (nSPS) is 20.8. The molecule has 0 bridgehead atoms. The molecule has 6 heteroatoms. The van der Waals surface area contributed by atoms with E-state index in [1.165, 1.54) is 16.6 Å². The lowest BCUT2D eigenvalue weighted by Crippen LogP contribution is -2.29. The minimum atomic E-state index is -3.58. The maximum atomic E-state index is 12.4. The molecule has 0 aliphatic carbocycles. The van der Waals surface area contributed by atoms with Crippen molar-refractivity contribution in [3.8, 4) is 6.07 Å². The van der Waals surface area contributed by atoms with E-state index in [-0.39, 0.29) is 10.6 Å². The minimum Gasteiger partial charge on any atom is -0.244 e. The first-order chi connectivity index (χ1) is 8.59. The molecule has 0 spiro atoms. The van der Waals surface area contributed by atoms with Gasteiger partial charge in [-0.25, -0.2) is 13.4 Å². The molecule has 2 heterocycles. The van der Waals surface area contributed by atoms with E-state index in [0.717, 1.165) is 12.8 Å². The highest BCUT2D eigenvalue weighted by atomic mass is 32.2. The molecule has 1 unspecified atom stereocenters. The van der Waals surface area contributed by atoms with E-state index in [1.807, 2.05) is 6.07 Å². The average molecular weight is 265 g/mol. The molecule has 2 rings (SSSR count). The van der Waals surface area contributed by atoms with Gasteiger partial charge in [0.2, 0.25) is 10.0 Å². The van der Waals surface area contributed by atoms with Crippen LogP contribution in [-0.2, 0) is 10.0 Å². The zero-order valence-electron chi connectivity index (χ0n) is 10.2. The molecule has 0 amide bonds. The Balaban J connectivity index is 2.35. The first-order valence-corrected chi connectivity index (χ1v) is 7.39. The van der Waals surface area contributed by atoms with Gasteiger partial charge < -0.3 is 0 Å². The van der Waals surface area contributed by atoms with Crippen LogP contribution in [0.4, 0.5) is 0 Å². The largest absolute Gasteiger partial charge is 0.245 e. The summed E-state index contributed by atoms with van der Waals surface area (Å²) in [6.45, 7) is 3.13. The molecule has 1 saturated heterocycles. The van der Waals surface area contributed by atoms with Gasteiger partial charge in [0.25, 0.3) is 0 Å². The van der Waals surface area contributed by atoms with Gasteiger partial charge in [-0.3, -0.25) is 0 Å². The van der Waals surface area contributed by atoms with Crippen LogP contribution in [0.15, 0.2) is 23.2 Å². The van der Waals surface area contributed by atoms with Crippen LogP contribution in [0.5, 0.6) is 0 Å². The highest BCUT2D eigenvalue weighted by Crippen LogP contribution is 2.26. The Bertz CT molecular complexity index is 577. The van der Waals surface area contributed by atoms with Crippen molar-refractivity contribution < 1.29 is 8.42 Å². The standard InChI is InChI=1S/C12H15N3O2S/c1-2-10-5-7-15(9-10)18(16,17)12-4-3-6-14-11(12)8-13/h3-4,6,10H,2,5,7,9H2,1H3. The highest BCUT2D eigenvalue weighted by molar-refractivity contribution is 7.89. The van der Waals surface area contributed by atoms with Gasteiger partial charge in [0.05, 0.1) is 0 Å². The van der Waals surface area contributed by atoms with Gasteiger partial charge in [0.1, 0.15) is 11.0 Å². The lowest BCUT2D eigenvalue weighted by molar-refractivity contribution is 0.452. The molecule has 0 aromatic carbocycles. The fraction of sp³-hybridized carbons (Fsp3) is 0.500. The average Bonchev–Trinajstić information content (AvgIpc) is 2.88. The van der Waals surface area contributed by atoms with Crippen molar-refractivity contribution in [2.24, 2.45) is 5.92 Å². The van der Waals surface area contributed by atoms with Crippen molar-refractivity contribution in [2.45, 2.75) is 24.7 Å². The van der Waals surface area contributed by atoms with Gasteiger partial charge in [-0.2, -0.15) is 9.57 Å². The SMILES string of the molecule is CCC1CCN(S(=O)(=O)c2cccnc2C#N)C1.